The second-order valence-corrected chi connectivity index (χ2v) is 6.82. The second-order valence-electron chi connectivity index (χ2n) is 6.82. The maximum absolute atomic E-state index is 11.9. The van der Waals surface area contributed by atoms with Gasteiger partial charge < -0.3 is 14.4 Å². The van der Waals surface area contributed by atoms with Gasteiger partial charge in [-0.05, 0) is 55.9 Å². The Morgan fingerprint density at radius 2 is 2.00 bits per heavy atom. The van der Waals surface area contributed by atoms with Gasteiger partial charge >= 0.3 is 5.97 Å². The average molecular weight is 331 g/mol. The third kappa shape index (κ3) is 4.28. The lowest BCUT2D eigenvalue weighted by Gasteiger charge is -2.26. The Morgan fingerprint density at radius 1 is 1.21 bits per heavy atom. The van der Waals surface area contributed by atoms with Gasteiger partial charge in [0.25, 0.3) is 0 Å². The van der Waals surface area contributed by atoms with Crippen LogP contribution in [0.5, 0.6) is 5.75 Å². The van der Waals surface area contributed by atoms with Crippen LogP contribution in [0, 0.1) is 5.92 Å². The zero-order valence-corrected chi connectivity index (χ0v) is 14.2. The number of carbonyl (C=O) groups is 2. The van der Waals surface area contributed by atoms with E-state index in [1.807, 2.05) is 12.1 Å². The van der Waals surface area contributed by atoms with E-state index in [1.165, 1.54) is 6.42 Å². The highest BCUT2D eigenvalue weighted by Gasteiger charge is 2.23. The molecule has 1 saturated carbocycles. The Hall–Kier alpha value is -2.04. The summed E-state index contributed by atoms with van der Waals surface area (Å²) in [6.45, 7) is 2.89. The topological polar surface area (TPSA) is 55.8 Å². The quantitative estimate of drug-likeness (QED) is 0.777. The van der Waals surface area contributed by atoms with Crippen molar-refractivity contribution >= 4 is 17.6 Å². The Bertz CT molecular complexity index is 584. The van der Waals surface area contributed by atoms with Crippen molar-refractivity contribution < 1.29 is 19.1 Å². The summed E-state index contributed by atoms with van der Waals surface area (Å²) in [5.74, 6) is 1.08. The zero-order chi connectivity index (χ0) is 16.9. The molecular weight excluding hydrogens is 306 g/mol. The van der Waals surface area contributed by atoms with Crippen LogP contribution in [0.2, 0.25) is 0 Å². The summed E-state index contributed by atoms with van der Waals surface area (Å²) in [4.78, 5) is 25.4. The first-order valence-electron chi connectivity index (χ1n) is 8.84. The molecule has 1 aliphatic carbocycles. The standard InChI is InChI=1S/C19H25NO4/c1-14-4-2-5-17(12-14)24-19(22)13-23-16-9-7-15(8-10-16)20-11-3-6-18(20)21/h7-10,14,17H,2-6,11-13H2,1H3. The van der Waals surface area contributed by atoms with Gasteiger partial charge in [0.2, 0.25) is 5.91 Å². The van der Waals surface area contributed by atoms with Gasteiger partial charge in [0, 0.05) is 18.7 Å². The van der Waals surface area contributed by atoms with E-state index >= 15 is 0 Å². The molecule has 1 amide bonds. The Balaban J connectivity index is 1.46. The second kappa shape index (κ2) is 7.69. The van der Waals surface area contributed by atoms with Crippen molar-refractivity contribution in [3.8, 4) is 5.75 Å². The van der Waals surface area contributed by atoms with Crippen molar-refractivity contribution in [1.82, 2.24) is 0 Å². The van der Waals surface area contributed by atoms with Crippen LogP contribution in [0.1, 0.15) is 45.4 Å². The predicted molar refractivity (Wildman–Crippen MR) is 91.0 cm³/mol. The number of amides is 1. The van der Waals surface area contributed by atoms with E-state index in [2.05, 4.69) is 6.92 Å². The SMILES string of the molecule is CC1CCCC(OC(=O)COc2ccc(N3CCCC3=O)cc2)C1. The number of hydrogen-bond acceptors (Lipinski definition) is 4. The van der Waals surface area contributed by atoms with E-state index in [0.29, 0.717) is 18.1 Å². The maximum atomic E-state index is 11.9. The molecule has 130 valence electrons. The minimum atomic E-state index is -0.312. The molecule has 5 heteroatoms. The Morgan fingerprint density at radius 3 is 2.67 bits per heavy atom. The highest BCUT2D eigenvalue weighted by molar-refractivity contribution is 5.95. The molecule has 0 N–H and O–H groups in total. The summed E-state index contributed by atoms with van der Waals surface area (Å²) >= 11 is 0. The number of ether oxygens (including phenoxy) is 2. The van der Waals surface area contributed by atoms with Gasteiger partial charge in [-0.15, -0.1) is 0 Å². The molecule has 0 radical (unpaired) electrons. The molecule has 1 aromatic carbocycles. The number of nitrogens with zero attached hydrogens (tertiary/aromatic N) is 1. The summed E-state index contributed by atoms with van der Waals surface area (Å²) < 4.78 is 11.0. The Kier molecular flexibility index (Phi) is 5.38. The summed E-state index contributed by atoms with van der Waals surface area (Å²) in [6, 6.07) is 7.28. The number of benzene rings is 1. The van der Waals surface area contributed by atoms with Crippen molar-refractivity contribution in [2.75, 3.05) is 18.1 Å². The molecule has 2 fully saturated rings. The van der Waals surface area contributed by atoms with Gasteiger partial charge in [0.15, 0.2) is 6.61 Å². The molecule has 1 heterocycles. The largest absolute Gasteiger partial charge is 0.482 e. The fourth-order valence-electron chi connectivity index (χ4n) is 3.49. The van der Waals surface area contributed by atoms with Crippen molar-refractivity contribution in [3.63, 3.8) is 0 Å². The molecule has 2 unspecified atom stereocenters. The first-order valence-corrected chi connectivity index (χ1v) is 8.84. The van der Waals surface area contributed by atoms with Crippen LogP contribution in [-0.2, 0) is 14.3 Å². The van der Waals surface area contributed by atoms with E-state index < -0.39 is 0 Å². The maximum Gasteiger partial charge on any atom is 0.344 e. The van der Waals surface area contributed by atoms with Crippen LogP contribution in [0.15, 0.2) is 24.3 Å². The molecule has 0 aromatic heterocycles. The molecule has 1 aromatic rings. The van der Waals surface area contributed by atoms with Crippen molar-refractivity contribution in [1.29, 1.82) is 0 Å². The van der Waals surface area contributed by atoms with Gasteiger partial charge in [-0.25, -0.2) is 4.79 Å². The molecule has 5 nitrogen and oxygen atoms in total. The first-order chi connectivity index (χ1) is 11.6. The predicted octanol–water partition coefficient (Wildman–Crippen LogP) is 3.31. The van der Waals surface area contributed by atoms with Gasteiger partial charge in [-0.2, -0.15) is 0 Å². The number of esters is 1. The van der Waals surface area contributed by atoms with E-state index in [1.54, 1.807) is 17.0 Å². The van der Waals surface area contributed by atoms with Crippen LogP contribution >= 0.6 is 0 Å². The zero-order valence-electron chi connectivity index (χ0n) is 14.2. The molecule has 0 spiro atoms. The summed E-state index contributed by atoms with van der Waals surface area (Å²) in [7, 11) is 0. The normalized spacial score (nSPS) is 24.0. The third-order valence-corrected chi connectivity index (χ3v) is 4.76. The number of anilines is 1. The van der Waals surface area contributed by atoms with Crippen LogP contribution in [0.25, 0.3) is 0 Å². The average Bonchev–Trinajstić information content (AvgIpc) is 2.99. The molecule has 2 aliphatic rings. The summed E-state index contributed by atoms with van der Waals surface area (Å²) in [5.41, 5.74) is 0.878. The summed E-state index contributed by atoms with van der Waals surface area (Å²) in [5, 5.41) is 0. The molecule has 2 atom stereocenters. The van der Waals surface area contributed by atoms with Gasteiger partial charge in [-0.1, -0.05) is 13.3 Å². The van der Waals surface area contributed by atoms with Crippen LogP contribution in [0.4, 0.5) is 5.69 Å². The minimum absolute atomic E-state index is 0.0356. The smallest absolute Gasteiger partial charge is 0.344 e. The fraction of sp³-hybridized carbons (Fsp3) is 0.579. The van der Waals surface area contributed by atoms with Gasteiger partial charge in [-0.3, -0.25) is 4.79 Å². The molecule has 0 bridgehead atoms. The van der Waals surface area contributed by atoms with Crippen molar-refractivity contribution in [3.05, 3.63) is 24.3 Å². The number of rotatable bonds is 5. The summed E-state index contributed by atoms with van der Waals surface area (Å²) in [6.07, 6.45) is 5.80. The van der Waals surface area contributed by atoms with Crippen molar-refractivity contribution in [2.45, 2.75) is 51.6 Å². The third-order valence-electron chi connectivity index (χ3n) is 4.76. The highest BCUT2D eigenvalue weighted by Crippen LogP contribution is 2.26. The Labute approximate surface area is 142 Å². The molecule has 1 aliphatic heterocycles. The molecular formula is C19H25NO4. The van der Waals surface area contributed by atoms with E-state index in [4.69, 9.17) is 9.47 Å². The number of hydrogen-bond donors (Lipinski definition) is 0. The first kappa shape index (κ1) is 16.8. The van der Waals surface area contributed by atoms with Crippen LogP contribution in [-0.4, -0.2) is 31.1 Å². The van der Waals surface area contributed by atoms with E-state index in [9.17, 15) is 9.59 Å². The van der Waals surface area contributed by atoms with E-state index in [0.717, 1.165) is 37.9 Å². The molecule has 24 heavy (non-hydrogen) atoms. The monoisotopic (exact) mass is 331 g/mol. The van der Waals surface area contributed by atoms with Crippen molar-refractivity contribution in [2.24, 2.45) is 5.92 Å². The highest BCUT2D eigenvalue weighted by atomic mass is 16.6. The van der Waals surface area contributed by atoms with Gasteiger partial charge in [0.1, 0.15) is 11.9 Å². The van der Waals surface area contributed by atoms with Crippen LogP contribution < -0.4 is 9.64 Å². The van der Waals surface area contributed by atoms with Crippen LogP contribution in [0.3, 0.4) is 0 Å². The fourth-order valence-corrected chi connectivity index (χ4v) is 3.49. The number of carbonyl (C=O) groups excluding carboxylic acids is 2. The van der Waals surface area contributed by atoms with E-state index in [-0.39, 0.29) is 24.6 Å². The molecule has 1 saturated heterocycles. The minimum Gasteiger partial charge on any atom is -0.482 e. The molecule has 3 rings (SSSR count). The lowest BCUT2D eigenvalue weighted by molar-refractivity contribution is -0.153. The lowest BCUT2D eigenvalue weighted by Crippen LogP contribution is -2.27. The lowest BCUT2D eigenvalue weighted by atomic mass is 9.89. The van der Waals surface area contributed by atoms with Gasteiger partial charge in [0.05, 0.1) is 0 Å².